The fraction of sp³-hybridized carbons (Fsp3) is 0.118. The lowest BCUT2D eigenvalue weighted by Crippen LogP contribution is -1.97. The van der Waals surface area contributed by atoms with Gasteiger partial charge in [0.05, 0.1) is 13.3 Å². The van der Waals surface area contributed by atoms with Crippen molar-refractivity contribution in [3.63, 3.8) is 0 Å². The quantitative estimate of drug-likeness (QED) is 0.513. The van der Waals surface area contributed by atoms with Crippen LogP contribution in [-0.2, 0) is 0 Å². The second kappa shape index (κ2) is 7.11. The van der Waals surface area contributed by atoms with Gasteiger partial charge in [-0.3, -0.25) is 0 Å². The van der Waals surface area contributed by atoms with Crippen LogP contribution in [0.2, 0.25) is 0 Å². The Labute approximate surface area is 153 Å². The number of methoxy groups -OCH3 is 1. The minimum atomic E-state index is 0.429. The lowest BCUT2D eigenvalue weighted by molar-refractivity contribution is 0.414. The highest BCUT2D eigenvalue weighted by Crippen LogP contribution is 2.23. The van der Waals surface area contributed by atoms with E-state index in [4.69, 9.17) is 17.0 Å². The van der Waals surface area contributed by atoms with E-state index < -0.39 is 0 Å². The van der Waals surface area contributed by atoms with Crippen molar-refractivity contribution in [3.8, 4) is 17.1 Å². The van der Waals surface area contributed by atoms with E-state index in [0.29, 0.717) is 10.6 Å². The van der Waals surface area contributed by atoms with Gasteiger partial charge in [0.1, 0.15) is 5.75 Å². The van der Waals surface area contributed by atoms with Crippen molar-refractivity contribution in [3.05, 3.63) is 62.8 Å². The maximum atomic E-state index is 5.36. The minimum absolute atomic E-state index is 0.429. The van der Waals surface area contributed by atoms with Crippen molar-refractivity contribution >= 4 is 34.4 Å². The van der Waals surface area contributed by atoms with Crippen LogP contribution in [0, 0.1) is 11.7 Å². The van der Waals surface area contributed by atoms with Gasteiger partial charge in [0, 0.05) is 15.6 Å². The second-order valence-electron chi connectivity index (χ2n) is 5.11. The number of hydrogen-bond donors (Lipinski definition) is 1. The Bertz CT molecular complexity index is 961. The first-order chi connectivity index (χ1) is 11.6. The molecule has 7 heteroatoms. The maximum Gasteiger partial charge on any atom is 0.216 e. The summed E-state index contributed by atoms with van der Waals surface area (Å²) in [5.41, 5.74) is 2.91. The number of benzene rings is 2. The summed E-state index contributed by atoms with van der Waals surface area (Å²) in [4.78, 5) is 0. The van der Waals surface area contributed by atoms with Crippen LogP contribution in [-0.4, -0.2) is 28.2 Å². The van der Waals surface area contributed by atoms with Crippen LogP contribution in [0.1, 0.15) is 11.1 Å². The van der Waals surface area contributed by atoms with E-state index in [-0.39, 0.29) is 0 Å². The van der Waals surface area contributed by atoms with Gasteiger partial charge in [0.2, 0.25) is 4.77 Å². The highest BCUT2D eigenvalue weighted by Gasteiger charge is 2.10. The molecule has 3 rings (SSSR count). The first-order valence-corrected chi connectivity index (χ1v) is 8.41. The van der Waals surface area contributed by atoms with Crippen molar-refractivity contribution in [1.82, 2.24) is 14.9 Å². The molecule has 1 aromatic heterocycles. The van der Waals surface area contributed by atoms with E-state index in [0.717, 1.165) is 26.9 Å². The maximum absolute atomic E-state index is 5.36. The molecule has 0 atom stereocenters. The monoisotopic (exact) mass is 402 g/mol. The SMILES string of the molecule is COc1ccc(Br)cc1/C=N\n1c(-c2ccccc2C)n[nH]c1=S. The highest BCUT2D eigenvalue weighted by atomic mass is 79.9. The topological polar surface area (TPSA) is 55.2 Å². The number of aromatic nitrogens is 3. The van der Waals surface area contributed by atoms with E-state index in [1.54, 1.807) is 18.0 Å². The van der Waals surface area contributed by atoms with Gasteiger partial charge in [-0.25, -0.2) is 5.10 Å². The number of H-pyrrole nitrogens is 1. The van der Waals surface area contributed by atoms with Gasteiger partial charge in [-0.1, -0.05) is 40.2 Å². The fourth-order valence-corrected chi connectivity index (χ4v) is 2.88. The first-order valence-electron chi connectivity index (χ1n) is 7.21. The molecule has 5 nitrogen and oxygen atoms in total. The van der Waals surface area contributed by atoms with Crippen molar-refractivity contribution in [2.45, 2.75) is 6.92 Å². The molecule has 1 heterocycles. The Morgan fingerprint density at radius 1 is 1.29 bits per heavy atom. The second-order valence-corrected chi connectivity index (χ2v) is 6.41. The summed E-state index contributed by atoms with van der Waals surface area (Å²) in [7, 11) is 1.63. The van der Waals surface area contributed by atoms with E-state index >= 15 is 0 Å². The van der Waals surface area contributed by atoms with Crippen LogP contribution in [0.3, 0.4) is 0 Å². The largest absolute Gasteiger partial charge is 0.496 e. The van der Waals surface area contributed by atoms with Crippen LogP contribution in [0.4, 0.5) is 0 Å². The average Bonchev–Trinajstić information content (AvgIpc) is 2.94. The molecule has 122 valence electrons. The third-order valence-electron chi connectivity index (χ3n) is 3.54. The van der Waals surface area contributed by atoms with Crippen molar-refractivity contribution in [2.24, 2.45) is 5.10 Å². The number of nitrogens with zero attached hydrogens (tertiary/aromatic N) is 3. The van der Waals surface area contributed by atoms with E-state index in [1.807, 2.05) is 49.4 Å². The lowest BCUT2D eigenvalue weighted by Gasteiger charge is -2.06. The average molecular weight is 403 g/mol. The molecule has 1 N–H and O–H groups in total. The lowest BCUT2D eigenvalue weighted by atomic mass is 10.1. The van der Waals surface area contributed by atoms with Crippen LogP contribution < -0.4 is 4.74 Å². The Kier molecular flexibility index (Phi) is 4.92. The van der Waals surface area contributed by atoms with Crippen molar-refractivity contribution in [2.75, 3.05) is 7.11 Å². The zero-order valence-corrected chi connectivity index (χ0v) is 15.6. The normalized spacial score (nSPS) is 11.1. The molecule has 0 radical (unpaired) electrons. The molecule has 2 aromatic carbocycles. The predicted octanol–water partition coefficient (Wildman–Crippen LogP) is 4.57. The Morgan fingerprint density at radius 3 is 2.83 bits per heavy atom. The van der Waals surface area contributed by atoms with Gasteiger partial charge in [0.15, 0.2) is 5.82 Å². The summed E-state index contributed by atoms with van der Waals surface area (Å²) in [6.07, 6.45) is 1.71. The molecule has 0 bridgehead atoms. The predicted molar refractivity (Wildman–Crippen MR) is 101 cm³/mol. The Morgan fingerprint density at radius 2 is 2.08 bits per heavy atom. The number of aromatic amines is 1. The third-order valence-corrected chi connectivity index (χ3v) is 4.30. The van der Waals surface area contributed by atoms with Gasteiger partial charge < -0.3 is 4.74 Å². The highest BCUT2D eigenvalue weighted by molar-refractivity contribution is 9.10. The molecule has 0 amide bonds. The van der Waals surface area contributed by atoms with Crippen LogP contribution in [0.15, 0.2) is 52.0 Å². The summed E-state index contributed by atoms with van der Waals surface area (Å²) in [6.45, 7) is 2.03. The molecular weight excluding hydrogens is 388 g/mol. The molecule has 24 heavy (non-hydrogen) atoms. The van der Waals surface area contributed by atoms with Crippen LogP contribution in [0.25, 0.3) is 11.4 Å². The molecule has 0 aliphatic carbocycles. The third kappa shape index (κ3) is 3.32. The van der Waals surface area contributed by atoms with Crippen LogP contribution >= 0.6 is 28.1 Å². The molecule has 0 fully saturated rings. The molecular formula is C17H15BrN4OS. The number of halogens is 1. The Balaban J connectivity index is 2.06. The number of ether oxygens (including phenoxy) is 1. The molecule has 0 saturated carbocycles. The molecule has 0 spiro atoms. The van der Waals surface area contributed by atoms with Crippen molar-refractivity contribution in [1.29, 1.82) is 0 Å². The Hall–Kier alpha value is -2.25. The molecule has 0 aliphatic rings. The van der Waals surface area contributed by atoms with E-state index in [1.165, 1.54) is 0 Å². The number of rotatable bonds is 4. The van der Waals surface area contributed by atoms with Gasteiger partial charge in [-0.15, -0.1) is 0 Å². The van der Waals surface area contributed by atoms with Gasteiger partial charge >= 0.3 is 0 Å². The van der Waals surface area contributed by atoms with Gasteiger partial charge in [-0.05, 0) is 42.9 Å². The van der Waals surface area contributed by atoms with Gasteiger partial charge in [-0.2, -0.15) is 14.9 Å². The molecule has 0 saturated heterocycles. The minimum Gasteiger partial charge on any atom is -0.496 e. The smallest absolute Gasteiger partial charge is 0.216 e. The molecule has 3 aromatic rings. The summed E-state index contributed by atoms with van der Waals surface area (Å²) in [6, 6.07) is 13.7. The number of hydrogen-bond acceptors (Lipinski definition) is 4. The van der Waals surface area contributed by atoms with E-state index in [9.17, 15) is 0 Å². The van der Waals surface area contributed by atoms with E-state index in [2.05, 4.69) is 31.2 Å². The first kappa shape index (κ1) is 16.6. The summed E-state index contributed by atoms with van der Waals surface area (Å²) in [5, 5.41) is 11.6. The summed E-state index contributed by atoms with van der Waals surface area (Å²) in [5.74, 6) is 1.40. The fourth-order valence-electron chi connectivity index (χ4n) is 2.32. The van der Waals surface area contributed by atoms with Crippen LogP contribution in [0.5, 0.6) is 5.75 Å². The molecule has 0 aliphatic heterocycles. The molecule has 0 unspecified atom stereocenters. The zero-order chi connectivity index (χ0) is 17.1. The standard InChI is InChI=1S/C17H15BrN4OS/c1-11-5-3-4-6-14(11)16-20-21-17(24)22(16)19-10-12-9-13(18)7-8-15(12)23-2/h3-10H,1-2H3,(H,21,24)/b19-10-. The zero-order valence-electron chi connectivity index (χ0n) is 13.2. The summed E-state index contributed by atoms with van der Waals surface area (Å²) < 4.78 is 8.35. The van der Waals surface area contributed by atoms with Crippen molar-refractivity contribution < 1.29 is 4.74 Å². The van der Waals surface area contributed by atoms with Gasteiger partial charge in [0.25, 0.3) is 0 Å². The number of aryl methyl sites for hydroxylation is 1. The summed E-state index contributed by atoms with van der Waals surface area (Å²) >= 11 is 8.77. The number of nitrogens with one attached hydrogen (secondary N) is 1.